The number of halogens is 3. The lowest BCUT2D eigenvalue weighted by Crippen LogP contribution is -2.37. The van der Waals surface area contributed by atoms with E-state index in [0.717, 1.165) is 41.1 Å². The van der Waals surface area contributed by atoms with Crippen molar-refractivity contribution in [2.75, 3.05) is 18.0 Å². The number of anilines is 1. The summed E-state index contributed by atoms with van der Waals surface area (Å²) in [7, 11) is 0. The minimum atomic E-state index is -4.44. The van der Waals surface area contributed by atoms with Crippen molar-refractivity contribution in [1.29, 1.82) is 0 Å². The van der Waals surface area contributed by atoms with E-state index in [1.54, 1.807) is 4.90 Å². The molecule has 2 aromatic rings. The van der Waals surface area contributed by atoms with E-state index in [-0.39, 0.29) is 24.6 Å². The first-order valence-electron chi connectivity index (χ1n) is 8.40. The minimum absolute atomic E-state index is 0.128. The van der Waals surface area contributed by atoms with Gasteiger partial charge in [0.15, 0.2) is 0 Å². The zero-order valence-corrected chi connectivity index (χ0v) is 15.4. The molecule has 144 valence electrons. The molecule has 0 radical (unpaired) electrons. The highest BCUT2D eigenvalue weighted by Gasteiger charge is 2.30. The maximum absolute atomic E-state index is 12.6. The van der Waals surface area contributed by atoms with Crippen LogP contribution in [0.1, 0.15) is 34.0 Å². The third-order valence-electron chi connectivity index (χ3n) is 4.28. The molecular formula is C20H21F3N2O2. The lowest BCUT2D eigenvalue weighted by molar-refractivity contribution is -0.137. The van der Waals surface area contributed by atoms with Gasteiger partial charge in [-0.3, -0.25) is 9.59 Å². The Hall–Kier alpha value is -2.83. The number of hydrogen-bond donors (Lipinski definition) is 1. The van der Waals surface area contributed by atoms with Crippen LogP contribution in [0, 0.1) is 13.8 Å². The molecule has 0 spiro atoms. The normalized spacial score (nSPS) is 11.2. The number of rotatable bonds is 5. The molecule has 0 saturated heterocycles. The smallest absolute Gasteiger partial charge is 0.350 e. The molecule has 2 amide bonds. The lowest BCUT2D eigenvalue weighted by atomic mass is 10.1. The van der Waals surface area contributed by atoms with Gasteiger partial charge in [-0.05, 0) is 61.4 Å². The maximum atomic E-state index is 12.6. The highest BCUT2D eigenvalue weighted by atomic mass is 19.4. The van der Waals surface area contributed by atoms with Crippen molar-refractivity contribution < 1.29 is 22.8 Å². The van der Waals surface area contributed by atoms with Crippen molar-refractivity contribution >= 4 is 17.5 Å². The Kier molecular flexibility index (Phi) is 6.25. The summed E-state index contributed by atoms with van der Waals surface area (Å²) in [6, 6.07) is 9.64. The molecule has 1 N–H and O–H groups in total. The van der Waals surface area contributed by atoms with Crippen LogP contribution < -0.4 is 10.2 Å². The van der Waals surface area contributed by atoms with Crippen LogP contribution in [0.5, 0.6) is 0 Å². The Labute approximate surface area is 156 Å². The first kappa shape index (κ1) is 20.5. The summed E-state index contributed by atoms with van der Waals surface area (Å²) >= 11 is 0. The molecule has 0 aliphatic carbocycles. The molecule has 0 aliphatic heterocycles. The van der Waals surface area contributed by atoms with Crippen molar-refractivity contribution in [3.05, 3.63) is 64.7 Å². The second kappa shape index (κ2) is 8.24. The molecule has 27 heavy (non-hydrogen) atoms. The third-order valence-corrected chi connectivity index (χ3v) is 4.28. The number of alkyl halides is 3. The van der Waals surface area contributed by atoms with E-state index in [0.29, 0.717) is 0 Å². The quantitative estimate of drug-likeness (QED) is 0.851. The van der Waals surface area contributed by atoms with E-state index in [9.17, 15) is 22.8 Å². The molecular weight excluding hydrogens is 357 g/mol. The van der Waals surface area contributed by atoms with Crippen molar-refractivity contribution in [2.45, 2.75) is 26.9 Å². The topological polar surface area (TPSA) is 49.4 Å². The molecule has 0 aromatic heterocycles. The van der Waals surface area contributed by atoms with Crippen LogP contribution in [-0.2, 0) is 11.0 Å². The Bertz CT molecular complexity index is 830. The monoisotopic (exact) mass is 378 g/mol. The van der Waals surface area contributed by atoms with Crippen LogP contribution in [0.15, 0.2) is 42.5 Å². The SMILES string of the molecule is CC(=O)N(CCNC(=O)c1ccc(C(F)(F)F)cc1)c1ccc(C)c(C)c1. The molecule has 0 aliphatic rings. The predicted molar refractivity (Wildman–Crippen MR) is 97.7 cm³/mol. The first-order valence-corrected chi connectivity index (χ1v) is 8.40. The van der Waals surface area contributed by atoms with E-state index >= 15 is 0 Å². The molecule has 0 fully saturated rings. The molecule has 2 rings (SSSR count). The van der Waals surface area contributed by atoms with Crippen molar-refractivity contribution in [3.63, 3.8) is 0 Å². The molecule has 0 saturated carbocycles. The average molecular weight is 378 g/mol. The third kappa shape index (κ3) is 5.32. The fourth-order valence-electron chi connectivity index (χ4n) is 2.56. The molecule has 0 atom stereocenters. The van der Waals surface area contributed by atoms with Gasteiger partial charge in [0.25, 0.3) is 5.91 Å². The average Bonchev–Trinajstić information content (AvgIpc) is 2.60. The Morgan fingerprint density at radius 1 is 1.00 bits per heavy atom. The highest BCUT2D eigenvalue weighted by molar-refractivity contribution is 5.94. The number of carbonyl (C=O) groups is 2. The fraction of sp³-hybridized carbons (Fsp3) is 0.300. The molecule has 2 aromatic carbocycles. The minimum Gasteiger partial charge on any atom is -0.350 e. The zero-order chi connectivity index (χ0) is 20.2. The van der Waals surface area contributed by atoms with Gasteiger partial charge in [-0.25, -0.2) is 0 Å². The summed E-state index contributed by atoms with van der Waals surface area (Å²) < 4.78 is 37.7. The van der Waals surface area contributed by atoms with E-state index in [4.69, 9.17) is 0 Å². The van der Waals surface area contributed by atoms with Gasteiger partial charge in [-0.15, -0.1) is 0 Å². The van der Waals surface area contributed by atoms with Gasteiger partial charge in [-0.1, -0.05) is 6.07 Å². The van der Waals surface area contributed by atoms with Gasteiger partial charge in [0.1, 0.15) is 0 Å². The number of hydrogen-bond acceptors (Lipinski definition) is 2. The van der Waals surface area contributed by atoms with Crippen molar-refractivity contribution in [2.24, 2.45) is 0 Å². The largest absolute Gasteiger partial charge is 0.416 e. The van der Waals surface area contributed by atoms with Gasteiger partial charge < -0.3 is 10.2 Å². The lowest BCUT2D eigenvalue weighted by Gasteiger charge is -2.22. The van der Waals surface area contributed by atoms with Crippen LogP contribution in [0.2, 0.25) is 0 Å². The summed E-state index contributed by atoms with van der Waals surface area (Å²) in [5.41, 5.74) is 2.21. The van der Waals surface area contributed by atoms with Crippen LogP contribution in [-0.4, -0.2) is 24.9 Å². The van der Waals surface area contributed by atoms with E-state index < -0.39 is 17.6 Å². The zero-order valence-electron chi connectivity index (χ0n) is 15.4. The number of amides is 2. The second-order valence-corrected chi connectivity index (χ2v) is 6.27. The van der Waals surface area contributed by atoms with E-state index in [1.807, 2.05) is 32.0 Å². The summed E-state index contributed by atoms with van der Waals surface area (Å²) in [4.78, 5) is 25.6. The van der Waals surface area contributed by atoms with Crippen LogP contribution in [0.25, 0.3) is 0 Å². The predicted octanol–water partition coefficient (Wildman–Crippen LogP) is 4.11. The van der Waals surface area contributed by atoms with Crippen LogP contribution in [0.4, 0.5) is 18.9 Å². The van der Waals surface area contributed by atoms with Crippen molar-refractivity contribution in [1.82, 2.24) is 5.32 Å². The Morgan fingerprint density at radius 2 is 1.63 bits per heavy atom. The molecule has 7 heteroatoms. The first-order chi connectivity index (χ1) is 12.6. The second-order valence-electron chi connectivity index (χ2n) is 6.27. The van der Waals surface area contributed by atoms with E-state index in [1.165, 1.54) is 6.92 Å². The summed E-state index contributed by atoms with van der Waals surface area (Å²) in [6.07, 6.45) is -4.44. The van der Waals surface area contributed by atoms with E-state index in [2.05, 4.69) is 5.32 Å². The number of nitrogens with zero attached hydrogens (tertiary/aromatic N) is 1. The van der Waals surface area contributed by atoms with Crippen LogP contribution >= 0.6 is 0 Å². The number of carbonyl (C=O) groups excluding carboxylic acids is 2. The highest BCUT2D eigenvalue weighted by Crippen LogP contribution is 2.29. The molecule has 0 heterocycles. The number of benzene rings is 2. The van der Waals surface area contributed by atoms with Crippen molar-refractivity contribution in [3.8, 4) is 0 Å². The standard InChI is InChI=1S/C20H21F3N2O2/c1-13-4-9-18(12-14(13)2)25(15(3)26)11-10-24-19(27)16-5-7-17(8-6-16)20(21,22)23/h4-9,12H,10-11H2,1-3H3,(H,24,27). The molecule has 4 nitrogen and oxygen atoms in total. The maximum Gasteiger partial charge on any atom is 0.416 e. The van der Waals surface area contributed by atoms with Gasteiger partial charge in [0.05, 0.1) is 5.56 Å². The van der Waals surface area contributed by atoms with Gasteiger partial charge in [0, 0.05) is 31.3 Å². The van der Waals surface area contributed by atoms with Gasteiger partial charge in [-0.2, -0.15) is 13.2 Å². The summed E-state index contributed by atoms with van der Waals surface area (Å²) in [5, 5.41) is 2.62. The Balaban J connectivity index is 1.99. The molecule has 0 bridgehead atoms. The number of nitrogens with one attached hydrogen (secondary N) is 1. The Morgan fingerprint density at radius 3 is 2.15 bits per heavy atom. The van der Waals surface area contributed by atoms with Gasteiger partial charge in [0.2, 0.25) is 5.91 Å². The number of aryl methyl sites for hydroxylation is 2. The van der Waals surface area contributed by atoms with Gasteiger partial charge >= 0.3 is 6.18 Å². The summed E-state index contributed by atoms with van der Waals surface area (Å²) in [6.45, 7) is 5.79. The molecule has 0 unspecified atom stereocenters. The van der Waals surface area contributed by atoms with Crippen LogP contribution in [0.3, 0.4) is 0 Å². The summed E-state index contributed by atoms with van der Waals surface area (Å²) in [5.74, 6) is -0.658. The fourth-order valence-corrected chi connectivity index (χ4v) is 2.56.